The second kappa shape index (κ2) is 8.86. The van der Waals surface area contributed by atoms with Crippen LogP contribution in [0.3, 0.4) is 0 Å². The smallest absolute Gasteiger partial charge is 0.277 e. The van der Waals surface area contributed by atoms with E-state index < -0.39 is 5.91 Å². The summed E-state index contributed by atoms with van der Waals surface area (Å²) in [6.45, 7) is 5.39. The molecule has 1 spiro atoms. The van der Waals surface area contributed by atoms with Gasteiger partial charge in [-0.15, -0.1) is 12.4 Å². The van der Waals surface area contributed by atoms with Gasteiger partial charge in [-0.3, -0.25) is 10.0 Å². The second-order valence-corrected chi connectivity index (χ2v) is 7.65. The van der Waals surface area contributed by atoms with Gasteiger partial charge in [0.05, 0.1) is 5.56 Å². The molecular formula is C20H26ClN5O2. The van der Waals surface area contributed by atoms with Gasteiger partial charge in [-0.25, -0.2) is 15.4 Å². The highest BCUT2D eigenvalue weighted by molar-refractivity contribution is 5.92. The molecule has 0 aliphatic carbocycles. The van der Waals surface area contributed by atoms with Crippen LogP contribution >= 0.6 is 12.4 Å². The van der Waals surface area contributed by atoms with E-state index in [9.17, 15) is 4.79 Å². The van der Waals surface area contributed by atoms with E-state index in [-0.39, 0.29) is 18.0 Å². The lowest BCUT2D eigenvalue weighted by Gasteiger charge is -2.54. The van der Waals surface area contributed by atoms with Crippen LogP contribution in [0.2, 0.25) is 0 Å². The topological polar surface area (TPSA) is 81.6 Å². The molecule has 0 radical (unpaired) electrons. The number of likely N-dealkylation sites (tertiary alicyclic amines) is 1. The van der Waals surface area contributed by atoms with Crippen molar-refractivity contribution in [2.75, 3.05) is 37.6 Å². The van der Waals surface area contributed by atoms with Crippen LogP contribution in [-0.4, -0.2) is 58.7 Å². The van der Waals surface area contributed by atoms with E-state index in [0.717, 1.165) is 38.9 Å². The van der Waals surface area contributed by atoms with Gasteiger partial charge >= 0.3 is 0 Å². The first kappa shape index (κ1) is 20.5. The Balaban J connectivity index is 0.00000225. The number of benzene rings is 1. The van der Waals surface area contributed by atoms with Crippen LogP contribution in [0.5, 0.6) is 0 Å². The predicted octanol–water partition coefficient (Wildman–Crippen LogP) is 2.16. The van der Waals surface area contributed by atoms with Crippen molar-refractivity contribution in [2.24, 2.45) is 5.41 Å². The number of nitrogens with zero attached hydrogens (tertiary/aromatic N) is 4. The molecule has 0 unspecified atom stereocenters. The number of hydrogen-bond acceptors (Lipinski definition) is 6. The van der Waals surface area contributed by atoms with Crippen molar-refractivity contribution in [3.63, 3.8) is 0 Å². The summed E-state index contributed by atoms with van der Waals surface area (Å²) >= 11 is 0. The second-order valence-electron chi connectivity index (χ2n) is 7.65. The fourth-order valence-electron chi connectivity index (χ4n) is 4.16. The first-order valence-electron chi connectivity index (χ1n) is 9.45. The molecule has 1 amide bonds. The summed E-state index contributed by atoms with van der Waals surface area (Å²) in [7, 11) is 0. The Bertz CT molecular complexity index is 771. The van der Waals surface area contributed by atoms with Gasteiger partial charge in [0.15, 0.2) is 0 Å². The summed E-state index contributed by atoms with van der Waals surface area (Å²) in [5.41, 5.74) is 3.70. The molecule has 2 aromatic rings. The van der Waals surface area contributed by atoms with Gasteiger partial charge in [0, 0.05) is 45.1 Å². The van der Waals surface area contributed by atoms with Crippen molar-refractivity contribution in [1.82, 2.24) is 20.3 Å². The highest BCUT2D eigenvalue weighted by Crippen LogP contribution is 2.40. The zero-order valence-electron chi connectivity index (χ0n) is 15.8. The van der Waals surface area contributed by atoms with E-state index >= 15 is 0 Å². The maximum absolute atomic E-state index is 11.3. The van der Waals surface area contributed by atoms with Crippen LogP contribution < -0.4 is 10.4 Å². The summed E-state index contributed by atoms with van der Waals surface area (Å²) in [4.78, 5) is 24.6. The molecule has 3 heterocycles. The van der Waals surface area contributed by atoms with Gasteiger partial charge in [-0.2, -0.15) is 0 Å². The Labute approximate surface area is 171 Å². The number of amides is 1. The minimum Gasteiger partial charge on any atom is -0.341 e. The van der Waals surface area contributed by atoms with Crippen molar-refractivity contribution in [1.29, 1.82) is 0 Å². The monoisotopic (exact) mass is 403 g/mol. The van der Waals surface area contributed by atoms with Crippen molar-refractivity contribution in [3.8, 4) is 0 Å². The highest BCUT2D eigenvalue weighted by Gasteiger charge is 2.44. The number of nitrogens with one attached hydrogen (secondary N) is 1. The van der Waals surface area contributed by atoms with Gasteiger partial charge in [0.25, 0.3) is 5.91 Å². The zero-order valence-corrected chi connectivity index (χ0v) is 16.6. The summed E-state index contributed by atoms with van der Waals surface area (Å²) < 4.78 is 0. The molecule has 2 aliphatic heterocycles. The Kier molecular flexibility index (Phi) is 6.49. The number of hydroxylamine groups is 1. The third kappa shape index (κ3) is 4.43. The average molecular weight is 404 g/mol. The van der Waals surface area contributed by atoms with Gasteiger partial charge in [-0.05, 0) is 30.2 Å². The summed E-state index contributed by atoms with van der Waals surface area (Å²) in [5.74, 6) is 0.0591. The van der Waals surface area contributed by atoms with E-state index in [4.69, 9.17) is 5.21 Å². The van der Waals surface area contributed by atoms with E-state index in [0.29, 0.717) is 11.4 Å². The molecule has 0 atom stereocenters. The van der Waals surface area contributed by atoms with E-state index in [1.165, 1.54) is 31.0 Å². The number of aromatic nitrogens is 2. The zero-order chi connectivity index (χ0) is 18.7. The largest absolute Gasteiger partial charge is 0.341 e. The van der Waals surface area contributed by atoms with E-state index in [1.54, 1.807) is 5.48 Å². The molecule has 2 aliphatic rings. The first-order chi connectivity index (χ1) is 13.2. The summed E-state index contributed by atoms with van der Waals surface area (Å²) in [6, 6.07) is 10.7. The normalized spacial score (nSPS) is 18.2. The van der Waals surface area contributed by atoms with Crippen molar-refractivity contribution in [3.05, 3.63) is 53.9 Å². The predicted molar refractivity (Wildman–Crippen MR) is 109 cm³/mol. The third-order valence-corrected chi connectivity index (χ3v) is 5.79. The Morgan fingerprint density at radius 3 is 2.36 bits per heavy atom. The van der Waals surface area contributed by atoms with Gasteiger partial charge in [0.2, 0.25) is 5.95 Å². The number of hydrogen-bond donors (Lipinski definition) is 2. The number of carbonyl (C=O) groups excluding carboxylic acids is 1. The summed E-state index contributed by atoms with van der Waals surface area (Å²) in [6.07, 6.45) is 6.32. The lowest BCUT2D eigenvalue weighted by molar-refractivity contribution is -0.0174. The molecule has 1 aromatic carbocycles. The molecule has 4 rings (SSSR count). The quantitative estimate of drug-likeness (QED) is 0.588. The van der Waals surface area contributed by atoms with Crippen molar-refractivity contribution >= 4 is 24.3 Å². The molecule has 8 heteroatoms. The number of anilines is 1. The number of rotatable bonds is 5. The molecule has 0 saturated carbocycles. The lowest BCUT2D eigenvalue weighted by Crippen LogP contribution is -2.60. The molecule has 2 N–H and O–H groups in total. The van der Waals surface area contributed by atoms with Crippen molar-refractivity contribution in [2.45, 2.75) is 19.3 Å². The standard InChI is InChI=1S/C20H25N5O2.ClH/c26-18(23-27)17-12-21-19(22-13-17)25-10-7-20(8-11-25)14-24(15-20)9-6-16-4-2-1-3-5-16;/h1-5,12-13,27H,6-11,14-15H2,(H,23,26);1H. The highest BCUT2D eigenvalue weighted by atomic mass is 35.5. The summed E-state index contributed by atoms with van der Waals surface area (Å²) in [5, 5.41) is 8.65. The minimum absolute atomic E-state index is 0. The fourth-order valence-corrected chi connectivity index (χ4v) is 4.16. The fraction of sp³-hybridized carbons (Fsp3) is 0.450. The maximum atomic E-state index is 11.3. The molecule has 28 heavy (non-hydrogen) atoms. The van der Waals surface area contributed by atoms with Gasteiger partial charge < -0.3 is 9.80 Å². The molecule has 0 bridgehead atoms. The van der Waals surface area contributed by atoms with E-state index in [2.05, 4.69) is 50.1 Å². The molecule has 7 nitrogen and oxygen atoms in total. The van der Waals surface area contributed by atoms with Crippen LogP contribution in [0.1, 0.15) is 28.8 Å². The Morgan fingerprint density at radius 1 is 1.11 bits per heavy atom. The number of halogens is 1. The Morgan fingerprint density at radius 2 is 1.75 bits per heavy atom. The van der Waals surface area contributed by atoms with Crippen LogP contribution in [0.4, 0.5) is 5.95 Å². The third-order valence-electron chi connectivity index (χ3n) is 5.79. The molecular weight excluding hydrogens is 378 g/mol. The van der Waals surface area contributed by atoms with Gasteiger partial charge in [0.1, 0.15) is 0 Å². The number of carbonyl (C=O) groups is 1. The van der Waals surface area contributed by atoms with Crippen LogP contribution in [0.15, 0.2) is 42.7 Å². The molecule has 1 aromatic heterocycles. The maximum Gasteiger partial charge on any atom is 0.277 e. The van der Waals surface area contributed by atoms with Crippen molar-refractivity contribution < 1.29 is 10.0 Å². The minimum atomic E-state index is -0.593. The van der Waals surface area contributed by atoms with E-state index in [1.807, 2.05) is 0 Å². The molecule has 2 fully saturated rings. The average Bonchev–Trinajstić information content (AvgIpc) is 2.71. The van der Waals surface area contributed by atoms with Crippen LogP contribution in [-0.2, 0) is 6.42 Å². The number of piperidine rings is 1. The van der Waals surface area contributed by atoms with Crippen LogP contribution in [0.25, 0.3) is 0 Å². The molecule has 150 valence electrons. The van der Waals surface area contributed by atoms with Gasteiger partial charge in [-0.1, -0.05) is 30.3 Å². The Hall–Kier alpha value is -2.22. The molecule has 2 saturated heterocycles. The first-order valence-corrected chi connectivity index (χ1v) is 9.45. The SMILES string of the molecule is Cl.O=C(NO)c1cnc(N2CCC3(CC2)CN(CCc2ccccc2)C3)nc1. The lowest BCUT2D eigenvalue weighted by atomic mass is 9.72. The van der Waals surface area contributed by atoms with Crippen LogP contribution in [0, 0.1) is 5.41 Å².